The smallest absolute Gasteiger partial charge is 0.240 e. The maximum absolute atomic E-state index is 14.7. The third kappa shape index (κ3) is 3.75. The van der Waals surface area contributed by atoms with E-state index in [-0.39, 0.29) is 17.3 Å². The van der Waals surface area contributed by atoms with Crippen molar-refractivity contribution in [3.63, 3.8) is 0 Å². The van der Waals surface area contributed by atoms with Crippen LogP contribution in [-0.2, 0) is 9.59 Å². The fourth-order valence-electron chi connectivity index (χ4n) is 5.61. The Hall–Kier alpha value is -4.17. The second-order valence-electron chi connectivity index (χ2n) is 9.40. The van der Waals surface area contributed by atoms with Gasteiger partial charge in [0.15, 0.2) is 11.6 Å². The molecule has 0 N–H and O–H groups in total. The summed E-state index contributed by atoms with van der Waals surface area (Å²) >= 11 is 3.36. The minimum absolute atomic E-state index is 0.144. The van der Waals surface area contributed by atoms with Crippen LogP contribution < -0.4 is 4.90 Å². The Morgan fingerprint density at radius 1 is 0.789 bits per heavy atom. The molecular weight excluding hydrogens is 551 g/mol. The molecule has 3 aliphatic rings. The van der Waals surface area contributed by atoms with Crippen LogP contribution in [-0.4, -0.2) is 40.4 Å². The number of benzene rings is 3. The summed E-state index contributed by atoms with van der Waals surface area (Å²) in [6.07, 6.45) is 4.88. The first-order chi connectivity index (χ1) is 18.4. The van der Waals surface area contributed by atoms with Crippen LogP contribution in [0.15, 0.2) is 107 Å². The van der Waals surface area contributed by atoms with Crippen molar-refractivity contribution in [2.45, 2.75) is 12.1 Å². The molecule has 0 aromatic heterocycles. The molecule has 0 saturated carbocycles. The highest BCUT2D eigenvalue weighted by Crippen LogP contribution is 2.47. The van der Waals surface area contributed by atoms with Crippen LogP contribution in [0, 0.1) is 17.7 Å². The standard InChI is InChI=1S/C30H20BrFN2O4/c31-20-12-10-18(11-13-20)28(36)26-25-24(29(37)34(30(25)38)22-9-5-4-8-21(22)32)23-16-19(14-15-33(23)26)27(35)17-6-2-1-3-7-17/h1-16,23-26H/t23-,24-,25-,26+/m0/s1. The second kappa shape index (κ2) is 9.29. The summed E-state index contributed by atoms with van der Waals surface area (Å²) in [4.78, 5) is 57.1. The van der Waals surface area contributed by atoms with Crippen LogP contribution in [0.4, 0.5) is 10.1 Å². The molecule has 0 unspecified atom stereocenters. The third-order valence-electron chi connectivity index (χ3n) is 7.34. The molecule has 3 aromatic carbocycles. The lowest BCUT2D eigenvalue weighted by Crippen LogP contribution is -2.46. The molecule has 6 rings (SSSR count). The van der Waals surface area contributed by atoms with Crippen LogP contribution in [0.1, 0.15) is 20.7 Å². The molecule has 3 heterocycles. The van der Waals surface area contributed by atoms with E-state index in [1.165, 1.54) is 18.2 Å². The minimum Gasteiger partial charge on any atom is -0.359 e. The van der Waals surface area contributed by atoms with Crippen molar-refractivity contribution in [1.29, 1.82) is 0 Å². The van der Waals surface area contributed by atoms with E-state index in [0.717, 1.165) is 9.37 Å². The molecule has 2 fully saturated rings. The summed E-state index contributed by atoms with van der Waals surface area (Å²) in [6, 6.07) is 19.3. The molecule has 4 atom stereocenters. The molecule has 3 aliphatic heterocycles. The van der Waals surface area contributed by atoms with E-state index in [1.54, 1.807) is 77.8 Å². The molecule has 3 aromatic rings. The highest BCUT2D eigenvalue weighted by atomic mass is 79.9. The Balaban J connectivity index is 1.44. The highest BCUT2D eigenvalue weighted by Gasteiger charge is 2.63. The largest absolute Gasteiger partial charge is 0.359 e. The van der Waals surface area contributed by atoms with Gasteiger partial charge in [0.1, 0.15) is 11.9 Å². The van der Waals surface area contributed by atoms with E-state index in [2.05, 4.69) is 15.9 Å². The van der Waals surface area contributed by atoms with E-state index in [0.29, 0.717) is 16.7 Å². The quantitative estimate of drug-likeness (QED) is 0.320. The average molecular weight is 571 g/mol. The van der Waals surface area contributed by atoms with Crippen LogP contribution >= 0.6 is 15.9 Å². The zero-order valence-electron chi connectivity index (χ0n) is 19.8. The molecule has 188 valence electrons. The number of carbonyl (C=O) groups is 4. The van der Waals surface area contributed by atoms with Gasteiger partial charge in [-0.25, -0.2) is 9.29 Å². The van der Waals surface area contributed by atoms with Crippen LogP contribution in [0.3, 0.4) is 0 Å². The number of hydrogen-bond donors (Lipinski definition) is 0. The van der Waals surface area contributed by atoms with Crippen molar-refractivity contribution in [2.75, 3.05) is 4.90 Å². The fourth-order valence-corrected chi connectivity index (χ4v) is 5.87. The zero-order valence-corrected chi connectivity index (χ0v) is 21.4. The fraction of sp³-hybridized carbons (Fsp3) is 0.133. The van der Waals surface area contributed by atoms with Crippen LogP contribution in [0.2, 0.25) is 0 Å². The maximum Gasteiger partial charge on any atom is 0.240 e. The summed E-state index contributed by atoms with van der Waals surface area (Å²) in [7, 11) is 0. The van der Waals surface area contributed by atoms with E-state index in [9.17, 15) is 23.6 Å². The molecule has 38 heavy (non-hydrogen) atoms. The number of carbonyl (C=O) groups excluding carboxylic acids is 4. The molecule has 0 bridgehead atoms. The molecule has 8 heteroatoms. The van der Waals surface area contributed by atoms with Gasteiger partial charge < -0.3 is 4.90 Å². The SMILES string of the molecule is O=C(C1=C[C@H]2[C@@H]3C(=O)N(c4ccccc4F)C(=O)[C@@H]3[C@H](C(=O)c3ccc(Br)cc3)N2C=C1)c1ccccc1. The van der Waals surface area contributed by atoms with Gasteiger partial charge >= 0.3 is 0 Å². The number of fused-ring (bicyclic) bond motifs is 3. The molecule has 0 spiro atoms. The van der Waals surface area contributed by atoms with Gasteiger partial charge in [0.25, 0.3) is 0 Å². The minimum atomic E-state index is -1.05. The van der Waals surface area contributed by atoms with Crippen molar-refractivity contribution >= 4 is 45.0 Å². The number of Topliss-reactive ketones (excluding diaryl/α,β-unsaturated/α-hetero) is 2. The summed E-state index contributed by atoms with van der Waals surface area (Å²) < 4.78 is 15.5. The summed E-state index contributed by atoms with van der Waals surface area (Å²) in [5.41, 5.74) is 1.08. The average Bonchev–Trinajstić information content (AvgIpc) is 3.41. The zero-order chi connectivity index (χ0) is 26.6. The summed E-state index contributed by atoms with van der Waals surface area (Å²) in [5, 5.41) is 0. The van der Waals surface area contributed by atoms with Crippen molar-refractivity contribution in [1.82, 2.24) is 4.90 Å². The number of ketones is 2. The number of nitrogens with zero attached hydrogens (tertiary/aromatic N) is 2. The molecule has 0 radical (unpaired) electrons. The number of halogens is 2. The van der Waals surface area contributed by atoms with Crippen LogP contribution in [0.5, 0.6) is 0 Å². The topological polar surface area (TPSA) is 74.8 Å². The first-order valence-corrected chi connectivity index (χ1v) is 12.9. The van der Waals surface area contributed by atoms with Gasteiger partial charge in [-0.1, -0.05) is 76.6 Å². The van der Waals surface area contributed by atoms with Crippen molar-refractivity contribution in [2.24, 2.45) is 11.8 Å². The van der Waals surface area contributed by atoms with E-state index in [4.69, 9.17) is 0 Å². The maximum atomic E-state index is 14.7. The molecule has 2 amide bonds. The Kier molecular flexibility index (Phi) is 5.91. The van der Waals surface area contributed by atoms with E-state index < -0.39 is 41.6 Å². The lowest BCUT2D eigenvalue weighted by atomic mass is 9.85. The van der Waals surface area contributed by atoms with Gasteiger partial charge in [-0.3, -0.25) is 19.2 Å². The van der Waals surface area contributed by atoms with Gasteiger partial charge in [-0.2, -0.15) is 0 Å². The summed E-state index contributed by atoms with van der Waals surface area (Å²) in [6.45, 7) is 0. The lowest BCUT2D eigenvalue weighted by Gasteiger charge is -2.32. The number of allylic oxidation sites excluding steroid dienone is 2. The molecule has 2 saturated heterocycles. The van der Waals surface area contributed by atoms with Crippen LogP contribution in [0.25, 0.3) is 0 Å². The number of amides is 2. The molecule has 6 nitrogen and oxygen atoms in total. The Bertz CT molecular complexity index is 1550. The summed E-state index contributed by atoms with van der Waals surface area (Å²) in [5.74, 6) is -4.51. The van der Waals surface area contributed by atoms with E-state index >= 15 is 0 Å². The third-order valence-corrected chi connectivity index (χ3v) is 7.87. The lowest BCUT2D eigenvalue weighted by molar-refractivity contribution is -0.123. The normalized spacial score (nSPS) is 23.8. The monoisotopic (exact) mass is 570 g/mol. The highest BCUT2D eigenvalue weighted by molar-refractivity contribution is 9.10. The first-order valence-electron chi connectivity index (χ1n) is 12.1. The molecule has 0 aliphatic carbocycles. The molecular formula is C30H20BrFN2O4. The number of imide groups is 1. The number of para-hydroxylation sites is 1. The van der Waals surface area contributed by atoms with Gasteiger partial charge in [-0.15, -0.1) is 0 Å². The Labute approximate surface area is 226 Å². The van der Waals surface area contributed by atoms with Gasteiger partial charge in [0.2, 0.25) is 11.8 Å². The second-order valence-corrected chi connectivity index (χ2v) is 10.3. The van der Waals surface area contributed by atoms with Crippen molar-refractivity contribution in [3.05, 3.63) is 124 Å². The number of anilines is 1. The first kappa shape index (κ1) is 24.2. The van der Waals surface area contributed by atoms with Gasteiger partial charge in [0, 0.05) is 27.4 Å². The number of rotatable bonds is 5. The Morgan fingerprint density at radius 2 is 1.45 bits per heavy atom. The predicted octanol–water partition coefficient (Wildman–Crippen LogP) is 4.97. The van der Waals surface area contributed by atoms with E-state index in [1.807, 2.05) is 6.07 Å². The Morgan fingerprint density at radius 3 is 2.16 bits per heavy atom. The predicted molar refractivity (Wildman–Crippen MR) is 142 cm³/mol. The van der Waals surface area contributed by atoms with Crippen molar-refractivity contribution < 1.29 is 23.6 Å². The number of hydrogen-bond acceptors (Lipinski definition) is 5. The van der Waals surface area contributed by atoms with Crippen molar-refractivity contribution in [3.8, 4) is 0 Å². The van der Waals surface area contributed by atoms with Gasteiger partial charge in [0.05, 0.1) is 23.6 Å². The van der Waals surface area contributed by atoms with Gasteiger partial charge in [-0.05, 0) is 30.3 Å².